The van der Waals surface area contributed by atoms with Crippen LogP contribution in [-0.4, -0.2) is 29.5 Å². The molecule has 3 rings (SSSR count). The molecule has 0 saturated heterocycles. The second kappa shape index (κ2) is 6.80. The molecule has 0 aliphatic heterocycles. The molecule has 0 unspecified atom stereocenters. The van der Waals surface area contributed by atoms with E-state index >= 15 is 0 Å². The Hall–Kier alpha value is -2.73. The molecule has 1 N–H and O–H groups in total. The fourth-order valence-electron chi connectivity index (χ4n) is 2.39. The van der Waals surface area contributed by atoms with Gasteiger partial charge in [-0.2, -0.15) is 0 Å². The second-order valence-corrected chi connectivity index (χ2v) is 5.52. The van der Waals surface area contributed by atoms with E-state index < -0.39 is 0 Å². The fourth-order valence-corrected chi connectivity index (χ4v) is 2.62. The van der Waals surface area contributed by atoms with Gasteiger partial charge in [0.25, 0.3) is 0 Å². The van der Waals surface area contributed by atoms with Gasteiger partial charge in [-0.1, -0.05) is 17.7 Å². The summed E-state index contributed by atoms with van der Waals surface area (Å²) >= 11 is 6.06. The SMILES string of the molecule is COc1cc(NC(=O)Cc2cn3ccccc3n2)c(OC)cc1Cl. The van der Waals surface area contributed by atoms with Crippen LogP contribution in [0.5, 0.6) is 11.5 Å². The number of imidazole rings is 1. The van der Waals surface area contributed by atoms with Crippen molar-refractivity contribution < 1.29 is 14.3 Å². The van der Waals surface area contributed by atoms with E-state index in [1.807, 2.05) is 35.0 Å². The number of hydrogen-bond acceptors (Lipinski definition) is 4. The molecule has 124 valence electrons. The molecule has 1 amide bonds. The minimum Gasteiger partial charge on any atom is -0.495 e. The number of aromatic nitrogens is 2. The zero-order chi connectivity index (χ0) is 17.1. The lowest BCUT2D eigenvalue weighted by molar-refractivity contribution is -0.115. The largest absolute Gasteiger partial charge is 0.495 e. The van der Waals surface area contributed by atoms with Gasteiger partial charge in [-0.25, -0.2) is 4.98 Å². The standard InChI is InChI=1S/C17H16ClN3O3/c1-23-14-9-13(15(24-2)8-12(14)18)20-17(22)7-11-10-21-6-4-3-5-16(21)19-11/h3-6,8-10H,7H2,1-2H3,(H,20,22). The maximum Gasteiger partial charge on any atom is 0.230 e. The van der Waals surface area contributed by atoms with Gasteiger partial charge in [0.2, 0.25) is 5.91 Å². The average Bonchev–Trinajstić information content (AvgIpc) is 2.97. The summed E-state index contributed by atoms with van der Waals surface area (Å²) in [7, 11) is 3.02. The summed E-state index contributed by atoms with van der Waals surface area (Å²) in [6.45, 7) is 0. The summed E-state index contributed by atoms with van der Waals surface area (Å²) in [4.78, 5) is 16.7. The summed E-state index contributed by atoms with van der Waals surface area (Å²) in [6, 6.07) is 8.92. The Morgan fingerprint density at radius 1 is 1.25 bits per heavy atom. The molecule has 7 heteroatoms. The van der Waals surface area contributed by atoms with Gasteiger partial charge in [-0.05, 0) is 12.1 Å². The van der Waals surface area contributed by atoms with Gasteiger partial charge >= 0.3 is 0 Å². The van der Waals surface area contributed by atoms with Crippen molar-refractivity contribution in [3.8, 4) is 11.5 Å². The topological polar surface area (TPSA) is 64.9 Å². The van der Waals surface area contributed by atoms with Crippen molar-refractivity contribution in [3.05, 3.63) is 53.4 Å². The number of rotatable bonds is 5. The highest BCUT2D eigenvalue weighted by molar-refractivity contribution is 6.32. The number of anilines is 1. The summed E-state index contributed by atoms with van der Waals surface area (Å²) in [5, 5.41) is 3.21. The number of nitrogens with zero attached hydrogens (tertiary/aromatic N) is 2. The van der Waals surface area contributed by atoms with E-state index in [1.165, 1.54) is 14.2 Å². The highest BCUT2D eigenvalue weighted by Gasteiger charge is 2.14. The highest BCUT2D eigenvalue weighted by Crippen LogP contribution is 2.35. The van der Waals surface area contributed by atoms with Crippen molar-refractivity contribution in [1.29, 1.82) is 0 Å². The van der Waals surface area contributed by atoms with Crippen LogP contribution in [0.15, 0.2) is 42.7 Å². The maximum absolute atomic E-state index is 12.3. The predicted molar refractivity (Wildman–Crippen MR) is 92.1 cm³/mol. The van der Waals surface area contributed by atoms with Crippen molar-refractivity contribution in [1.82, 2.24) is 9.38 Å². The Kier molecular flexibility index (Phi) is 4.57. The van der Waals surface area contributed by atoms with Gasteiger partial charge in [0, 0.05) is 24.5 Å². The molecule has 0 spiro atoms. The molecular formula is C17H16ClN3O3. The van der Waals surface area contributed by atoms with Crippen LogP contribution in [0.25, 0.3) is 5.65 Å². The van der Waals surface area contributed by atoms with Crippen LogP contribution in [0.4, 0.5) is 5.69 Å². The minimum atomic E-state index is -0.207. The van der Waals surface area contributed by atoms with Crippen molar-refractivity contribution in [2.24, 2.45) is 0 Å². The predicted octanol–water partition coefficient (Wildman–Crippen LogP) is 3.19. The number of nitrogens with one attached hydrogen (secondary N) is 1. The Morgan fingerprint density at radius 3 is 2.75 bits per heavy atom. The second-order valence-electron chi connectivity index (χ2n) is 5.11. The van der Waals surface area contributed by atoms with Crippen LogP contribution in [0.2, 0.25) is 5.02 Å². The van der Waals surface area contributed by atoms with E-state index in [9.17, 15) is 4.79 Å². The van der Waals surface area contributed by atoms with E-state index in [2.05, 4.69) is 10.3 Å². The van der Waals surface area contributed by atoms with Crippen molar-refractivity contribution in [2.75, 3.05) is 19.5 Å². The number of halogens is 1. The zero-order valence-electron chi connectivity index (χ0n) is 13.2. The number of ether oxygens (including phenoxy) is 2. The number of hydrogen-bond donors (Lipinski definition) is 1. The third-order valence-corrected chi connectivity index (χ3v) is 3.80. The first-order valence-electron chi connectivity index (χ1n) is 7.24. The van der Waals surface area contributed by atoms with E-state index in [-0.39, 0.29) is 12.3 Å². The van der Waals surface area contributed by atoms with Gasteiger partial charge in [-0.15, -0.1) is 0 Å². The van der Waals surface area contributed by atoms with Crippen LogP contribution in [0.1, 0.15) is 5.69 Å². The van der Waals surface area contributed by atoms with Crippen LogP contribution < -0.4 is 14.8 Å². The molecule has 3 aromatic rings. The molecular weight excluding hydrogens is 330 g/mol. The molecule has 0 aliphatic rings. The number of carbonyl (C=O) groups excluding carboxylic acids is 1. The molecule has 0 fully saturated rings. The number of carbonyl (C=O) groups is 1. The molecule has 6 nitrogen and oxygen atoms in total. The normalized spacial score (nSPS) is 10.6. The van der Waals surface area contributed by atoms with Crippen LogP contribution in [-0.2, 0) is 11.2 Å². The molecule has 0 radical (unpaired) electrons. The van der Waals surface area contributed by atoms with E-state index in [1.54, 1.807) is 12.1 Å². The summed E-state index contributed by atoms with van der Waals surface area (Å²) < 4.78 is 12.3. The number of fused-ring (bicyclic) bond motifs is 1. The zero-order valence-corrected chi connectivity index (χ0v) is 14.0. The Morgan fingerprint density at radius 2 is 2.04 bits per heavy atom. The fraction of sp³-hybridized carbons (Fsp3) is 0.176. The van der Waals surface area contributed by atoms with E-state index in [0.717, 1.165) is 5.65 Å². The molecule has 1 aromatic carbocycles. The number of benzene rings is 1. The third-order valence-electron chi connectivity index (χ3n) is 3.50. The summed E-state index contributed by atoms with van der Waals surface area (Å²) in [5.74, 6) is 0.714. The van der Waals surface area contributed by atoms with Gasteiger partial charge in [-0.3, -0.25) is 4.79 Å². The molecule has 2 heterocycles. The van der Waals surface area contributed by atoms with Crippen molar-refractivity contribution >= 4 is 28.8 Å². The molecule has 0 bridgehead atoms. The molecule has 0 saturated carbocycles. The highest BCUT2D eigenvalue weighted by atomic mass is 35.5. The lowest BCUT2D eigenvalue weighted by Gasteiger charge is -2.12. The van der Waals surface area contributed by atoms with Crippen molar-refractivity contribution in [3.63, 3.8) is 0 Å². The molecule has 0 aliphatic carbocycles. The molecule has 24 heavy (non-hydrogen) atoms. The van der Waals surface area contributed by atoms with Gasteiger partial charge in [0.15, 0.2) is 0 Å². The van der Waals surface area contributed by atoms with Gasteiger partial charge < -0.3 is 19.2 Å². The maximum atomic E-state index is 12.3. The van der Waals surface area contributed by atoms with Gasteiger partial charge in [0.1, 0.15) is 17.1 Å². The van der Waals surface area contributed by atoms with Gasteiger partial charge in [0.05, 0.1) is 37.0 Å². The Labute approximate surface area is 144 Å². The summed E-state index contributed by atoms with van der Waals surface area (Å²) in [6.07, 6.45) is 3.86. The first-order chi connectivity index (χ1) is 11.6. The minimum absolute atomic E-state index is 0.149. The van der Waals surface area contributed by atoms with Crippen molar-refractivity contribution in [2.45, 2.75) is 6.42 Å². The quantitative estimate of drug-likeness (QED) is 0.771. The monoisotopic (exact) mass is 345 g/mol. The summed E-state index contributed by atoms with van der Waals surface area (Å²) in [5.41, 5.74) is 1.97. The Bertz CT molecular complexity index is 859. The lowest BCUT2D eigenvalue weighted by Crippen LogP contribution is -2.15. The first-order valence-corrected chi connectivity index (χ1v) is 7.62. The molecule has 2 aromatic heterocycles. The Balaban J connectivity index is 1.79. The van der Waals surface area contributed by atoms with E-state index in [4.69, 9.17) is 21.1 Å². The number of pyridine rings is 1. The van der Waals surface area contributed by atoms with E-state index in [0.29, 0.717) is 27.9 Å². The smallest absolute Gasteiger partial charge is 0.230 e. The number of amides is 1. The first kappa shape index (κ1) is 16.1. The van der Waals surface area contributed by atoms with Crippen LogP contribution >= 0.6 is 11.6 Å². The molecule has 0 atom stereocenters. The third kappa shape index (κ3) is 3.28. The average molecular weight is 346 g/mol. The number of methoxy groups -OCH3 is 2. The lowest BCUT2D eigenvalue weighted by atomic mass is 10.2. The van der Waals surface area contributed by atoms with Crippen LogP contribution in [0, 0.1) is 0 Å². The van der Waals surface area contributed by atoms with Crippen LogP contribution in [0.3, 0.4) is 0 Å².